The van der Waals surface area contributed by atoms with Gasteiger partial charge in [0.25, 0.3) is 11.7 Å². The van der Waals surface area contributed by atoms with E-state index in [2.05, 4.69) is 20.7 Å². The Morgan fingerprint density at radius 3 is 2.64 bits per heavy atom. The van der Waals surface area contributed by atoms with Crippen LogP contribution in [0.2, 0.25) is 0 Å². The number of carbonyl (C=O) groups is 1. The lowest BCUT2D eigenvalue weighted by Crippen LogP contribution is -2.34. The lowest BCUT2D eigenvalue weighted by atomic mass is 10.2. The maximum absolute atomic E-state index is 12.4. The van der Waals surface area contributed by atoms with E-state index < -0.39 is 0 Å². The van der Waals surface area contributed by atoms with Crippen LogP contribution in [0.1, 0.15) is 12.5 Å². The van der Waals surface area contributed by atoms with Crippen LogP contribution in [0.5, 0.6) is 17.2 Å². The van der Waals surface area contributed by atoms with Crippen molar-refractivity contribution in [1.82, 2.24) is 15.6 Å². The van der Waals surface area contributed by atoms with Crippen molar-refractivity contribution in [1.29, 1.82) is 0 Å². The molecule has 1 aromatic heterocycles. The Labute approximate surface area is 212 Å². The molecular formula is C26H25N5O4S. The van der Waals surface area contributed by atoms with Gasteiger partial charge in [-0.25, -0.2) is 5.43 Å². The molecule has 0 aliphatic carbocycles. The van der Waals surface area contributed by atoms with Gasteiger partial charge in [-0.15, -0.1) is 5.10 Å². The van der Waals surface area contributed by atoms with E-state index in [1.807, 2.05) is 59.2 Å². The fourth-order valence-corrected chi connectivity index (χ4v) is 4.15. The molecule has 1 heterocycles. The van der Waals surface area contributed by atoms with Gasteiger partial charge in [-0.3, -0.25) is 4.79 Å². The molecule has 0 atom stereocenters. The van der Waals surface area contributed by atoms with Crippen molar-refractivity contribution in [2.45, 2.75) is 12.1 Å². The molecule has 2 N–H and O–H groups in total. The number of nitrogens with zero attached hydrogens (tertiary/aromatic N) is 3. The number of methoxy groups -OCH3 is 1. The number of thioether (sulfide) groups is 1. The molecule has 0 fully saturated rings. The number of benzene rings is 3. The van der Waals surface area contributed by atoms with Crippen molar-refractivity contribution >= 4 is 23.9 Å². The van der Waals surface area contributed by atoms with Crippen molar-refractivity contribution < 1.29 is 23.9 Å². The van der Waals surface area contributed by atoms with Gasteiger partial charge >= 0.3 is 5.16 Å². The second-order valence-electron chi connectivity index (χ2n) is 7.44. The minimum Gasteiger partial charge on any atom is -0.870 e. The maximum Gasteiger partial charge on any atom is 0.342 e. The SMILES string of the molecule is CCOc1cccc(C=NNC(=O)CSc2n[nH]c(-c3ccc(OC)cc3)[n+]2-c2ccccc2)c1[O-]. The van der Waals surface area contributed by atoms with Crippen molar-refractivity contribution in [3.05, 3.63) is 78.4 Å². The van der Waals surface area contributed by atoms with Crippen molar-refractivity contribution in [2.24, 2.45) is 5.10 Å². The third-order valence-corrected chi connectivity index (χ3v) is 6.02. The van der Waals surface area contributed by atoms with Crippen LogP contribution in [-0.4, -0.2) is 41.8 Å². The predicted molar refractivity (Wildman–Crippen MR) is 136 cm³/mol. The fourth-order valence-electron chi connectivity index (χ4n) is 3.39. The summed E-state index contributed by atoms with van der Waals surface area (Å²) in [6.45, 7) is 2.19. The Bertz CT molecular complexity index is 1340. The molecule has 0 aliphatic heterocycles. The monoisotopic (exact) mass is 503 g/mol. The molecule has 0 radical (unpaired) electrons. The summed E-state index contributed by atoms with van der Waals surface area (Å²) >= 11 is 1.26. The van der Waals surface area contributed by atoms with E-state index in [9.17, 15) is 9.90 Å². The predicted octanol–water partition coefficient (Wildman–Crippen LogP) is 3.08. The van der Waals surface area contributed by atoms with Crippen molar-refractivity contribution in [3.8, 4) is 34.3 Å². The number of ether oxygens (including phenoxy) is 2. The lowest BCUT2D eigenvalue weighted by molar-refractivity contribution is -0.625. The van der Waals surface area contributed by atoms with Gasteiger partial charge in [-0.2, -0.15) is 9.67 Å². The summed E-state index contributed by atoms with van der Waals surface area (Å²) < 4.78 is 12.5. The topological polar surface area (TPSA) is 116 Å². The Balaban J connectivity index is 1.47. The highest BCUT2D eigenvalue weighted by atomic mass is 32.2. The van der Waals surface area contributed by atoms with Crippen LogP contribution in [0.3, 0.4) is 0 Å². The first-order valence-electron chi connectivity index (χ1n) is 11.2. The van der Waals surface area contributed by atoms with Crippen molar-refractivity contribution in [3.63, 3.8) is 0 Å². The van der Waals surface area contributed by atoms with Gasteiger partial charge in [-0.1, -0.05) is 36.1 Å². The summed E-state index contributed by atoms with van der Waals surface area (Å²) in [6, 6.07) is 22.3. The van der Waals surface area contributed by atoms with E-state index >= 15 is 0 Å². The number of para-hydroxylation sites is 2. The molecule has 1 amide bonds. The van der Waals surface area contributed by atoms with Crippen LogP contribution in [0.15, 0.2) is 83.1 Å². The minimum absolute atomic E-state index is 0.0697. The number of hydrogen-bond donors (Lipinski definition) is 2. The largest absolute Gasteiger partial charge is 0.870 e. The summed E-state index contributed by atoms with van der Waals surface area (Å²) in [5.74, 6) is 1.23. The zero-order valence-corrected chi connectivity index (χ0v) is 20.6. The van der Waals surface area contributed by atoms with E-state index in [0.29, 0.717) is 17.3 Å². The van der Waals surface area contributed by atoms with Gasteiger partial charge in [0.05, 0.1) is 36.3 Å². The third-order valence-electron chi connectivity index (χ3n) is 5.08. The van der Waals surface area contributed by atoms with Gasteiger partial charge in [0, 0.05) is 0 Å². The van der Waals surface area contributed by atoms with E-state index in [0.717, 1.165) is 22.8 Å². The Morgan fingerprint density at radius 1 is 1.14 bits per heavy atom. The van der Waals surface area contributed by atoms with Crippen LogP contribution in [0.25, 0.3) is 17.1 Å². The number of aromatic nitrogens is 3. The zero-order valence-electron chi connectivity index (χ0n) is 19.8. The highest BCUT2D eigenvalue weighted by molar-refractivity contribution is 7.99. The Hall–Kier alpha value is -4.31. The fraction of sp³-hybridized carbons (Fsp3) is 0.154. The van der Waals surface area contributed by atoms with Crippen LogP contribution >= 0.6 is 11.8 Å². The second-order valence-corrected chi connectivity index (χ2v) is 8.39. The quantitative estimate of drug-likeness (QED) is 0.149. The van der Waals surface area contributed by atoms with Crippen LogP contribution in [-0.2, 0) is 4.79 Å². The number of rotatable bonds is 10. The number of nitrogens with one attached hydrogen (secondary N) is 2. The highest BCUT2D eigenvalue weighted by Gasteiger charge is 2.24. The molecule has 0 unspecified atom stereocenters. The molecule has 184 valence electrons. The van der Waals surface area contributed by atoms with Crippen LogP contribution < -0.4 is 24.6 Å². The second kappa shape index (κ2) is 11.9. The average molecular weight is 504 g/mol. The Kier molecular flexibility index (Phi) is 8.20. The van der Waals surface area contributed by atoms with Crippen molar-refractivity contribution in [2.75, 3.05) is 19.5 Å². The van der Waals surface area contributed by atoms with E-state index in [1.54, 1.807) is 32.2 Å². The number of hydrazone groups is 1. The summed E-state index contributed by atoms with van der Waals surface area (Å²) in [6.07, 6.45) is 1.31. The van der Waals surface area contributed by atoms with Gasteiger partial charge in [-0.05, 0) is 66.7 Å². The molecule has 4 aromatic rings. The number of hydrogen-bond acceptors (Lipinski definition) is 7. The van der Waals surface area contributed by atoms with E-state index in [-0.39, 0.29) is 23.2 Å². The van der Waals surface area contributed by atoms with Gasteiger partial charge in [0.1, 0.15) is 17.2 Å². The van der Waals surface area contributed by atoms with E-state index in [4.69, 9.17) is 9.47 Å². The first-order valence-corrected chi connectivity index (χ1v) is 12.2. The smallest absolute Gasteiger partial charge is 0.342 e. The minimum atomic E-state index is -0.335. The third kappa shape index (κ3) is 5.84. The number of aromatic amines is 1. The molecule has 0 saturated heterocycles. The molecule has 0 saturated carbocycles. The standard InChI is InChI=1S/C26H25N5O4S/c1-3-35-22-11-7-8-19(24(22)33)16-27-28-23(32)17-36-26-30-29-25(18-12-14-21(34-2)15-13-18)31(26)20-9-5-4-6-10-20/h4-16H,3,17H2,1-2H3,(H2,27,28,32,33). The molecule has 0 spiro atoms. The normalized spacial score (nSPS) is 10.9. The van der Waals surface area contributed by atoms with Gasteiger partial charge in [0.2, 0.25) is 0 Å². The van der Waals surface area contributed by atoms with Gasteiger partial charge < -0.3 is 14.6 Å². The molecule has 36 heavy (non-hydrogen) atoms. The number of H-pyrrole nitrogens is 1. The summed E-state index contributed by atoms with van der Waals surface area (Å²) in [5.41, 5.74) is 4.60. The molecule has 10 heteroatoms. The number of amides is 1. The maximum atomic E-state index is 12.4. The molecule has 9 nitrogen and oxygen atoms in total. The number of carbonyl (C=O) groups excluding carboxylic acids is 1. The van der Waals surface area contributed by atoms with Crippen LogP contribution in [0, 0.1) is 0 Å². The molecule has 0 bridgehead atoms. The summed E-state index contributed by atoms with van der Waals surface area (Å²) in [7, 11) is 1.62. The van der Waals surface area contributed by atoms with Gasteiger partial charge in [0.15, 0.2) is 0 Å². The average Bonchev–Trinajstić information content (AvgIpc) is 3.34. The summed E-state index contributed by atoms with van der Waals surface area (Å²) in [5, 5.41) is 24.4. The zero-order chi connectivity index (χ0) is 25.3. The Morgan fingerprint density at radius 2 is 1.92 bits per heavy atom. The first kappa shape index (κ1) is 24.8. The molecule has 3 aromatic carbocycles. The highest BCUT2D eigenvalue weighted by Crippen LogP contribution is 2.26. The van der Waals surface area contributed by atoms with Crippen LogP contribution in [0.4, 0.5) is 0 Å². The summed E-state index contributed by atoms with van der Waals surface area (Å²) in [4.78, 5) is 12.4. The first-order chi connectivity index (χ1) is 17.6. The van der Waals surface area contributed by atoms with E-state index in [1.165, 1.54) is 18.0 Å². The molecular weight excluding hydrogens is 478 g/mol. The molecule has 0 aliphatic rings. The molecule has 4 rings (SSSR count). The lowest BCUT2D eigenvalue weighted by Gasteiger charge is -2.15.